The maximum absolute atomic E-state index is 12.1. The molecule has 0 unspecified atom stereocenters. The van der Waals surface area contributed by atoms with Crippen LogP contribution in [0.2, 0.25) is 10.0 Å². The number of rotatable bonds is 5. The van der Waals surface area contributed by atoms with Crippen molar-refractivity contribution in [3.05, 3.63) is 40.9 Å². The summed E-state index contributed by atoms with van der Waals surface area (Å²) in [4.78, 5) is 15.4. The standard InChI is InChI=1S/C15H18Cl2N2O2/c1-2-5-18-6-8-19(9-7-18)15(20)11-21-14-10-12(16)3-4-13(14)17/h2-4,10H,1,5-9,11H2/p+1. The lowest BCUT2D eigenvalue weighted by Gasteiger charge is -2.31. The first-order valence-electron chi connectivity index (χ1n) is 6.90. The van der Waals surface area contributed by atoms with Gasteiger partial charge in [0, 0.05) is 11.1 Å². The van der Waals surface area contributed by atoms with Gasteiger partial charge in [0.05, 0.1) is 37.7 Å². The van der Waals surface area contributed by atoms with E-state index in [1.54, 1.807) is 18.2 Å². The number of hydrogen-bond donors (Lipinski definition) is 1. The average molecular weight is 330 g/mol. The summed E-state index contributed by atoms with van der Waals surface area (Å²) in [5.74, 6) is 0.414. The van der Waals surface area contributed by atoms with Crippen LogP contribution < -0.4 is 9.64 Å². The highest BCUT2D eigenvalue weighted by Crippen LogP contribution is 2.27. The van der Waals surface area contributed by atoms with Crippen LogP contribution in [-0.2, 0) is 4.79 Å². The predicted octanol–water partition coefficient (Wildman–Crippen LogP) is 1.29. The van der Waals surface area contributed by atoms with Crippen molar-refractivity contribution in [2.24, 2.45) is 0 Å². The van der Waals surface area contributed by atoms with Gasteiger partial charge in [-0.25, -0.2) is 0 Å². The predicted molar refractivity (Wildman–Crippen MR) is 84.3 cm³/mol. The van der Waals surface area contributed by atoms with E-state index < -0.39 is 0 Å². The lowest BCUT2D eigenvalue weighted by atomic mass is 10.3. The van der Waals surface area contributed by atoms with Crippen molar-refractivity contribution in [3.63, 3.8) is 0 Å². The largest absolute Gasteiger partial charge is 0.482 e. The molecule has 1 aromatic carbocycles. The minimum Gasteiger partial charge on any atom is -0.482 e. The summed E-state index contributed by atoms with van der Waals surface area (Å²) in [6, 6.07) is 4.95. The molecule has 1 N–H and O–H groups in total. The second-order valence-corrected chi connectivity index (χ2v) is 5.83. The number of carbonyl (C=O) groups excluding carboxylic acids is 1. The van der Waals surface area contributed by atoms with Crippen LogP contribution in [0.5, 0.6) is 5.75 Å². The number of nitrogens with one attached hydrogen (secondary N) is 1. The van der Waals surface area contributed by atoms with Gasteiger partial charge in [0.15, 0.2) is 6.61 Å². The van der Waals surface area contributed by atoms with Gasteiger partial charge in [-0.05, 0) is 18.2 Å². The lowest BCUT2D eigenvalue weighted by Crippen LogP contribution is -3.14. The van der Waals surface area contributed by atoms with Crippen molar-refractivity contribution in [1.29, 1.82) is 0 Å². The molecule has 1 aliphatic rings. The molecule has 1 fully saturated rings. The topological polar surface area (TPSA) is 34.0 Å². The molecule has 0 atom stereocenters. The quantitative estimate of drug-likeness (QED) is 0.826. The molecular weight excluding hydrogens is 311 g/mol. The van der Waals surface area contributed by atoms with Crippen LogP contribution in [0, 0.1) is 0 Å². The molecule has 21 heavy (non-hydrogen) atoms. The fourth-order valence-electron chi connectivity index (χ4n) is 2.30. The number of amides is 1. The number of carbonyl (C=O) groups is 1. The number of halogens is 2. The van der Waals surface area contributed by atoms with Crippen LogP contribution in [0.3, 0.4) is 0 Å². The number of quaternary nitrogens is 1. The molecule has 0 radical (unpaired) electrons. The van der Waals surface area contributed by atoms with Crippen LogP contribution in [0.15, 0.2) is 30.9 Å². The molecule has 4 nitrogen and oxygen atoms in total. The summed E-state index contributed by atoms with van der Waals surface area (Å²) < 4.78 is 5.48. The van der Waals surface area contributed by atoms with Crippen molar-refractivity contribution in [1.82, 2.24) is 4.90 Å². The molecule has 1 amide bonds. The van der Waals surface area contributed by atoms with Crippen LogP contribution in [0.25, 0.3) is 0 Å². The molecule has 0 bridgehead atoms. The first-order chi connectivity index (χ1) is 10.1. The highest BCUT2D eigenvalue weighted by molar-refractivity contribution is 6.34. The van der Waals surface area contributed by atoms with Gasteiger partial charge in [0.2, 0.25) is 0 Å². The number of ether oxygens (including phenoxy) is 1. The zero-order chi connectivity index (χ0) is 15.2. The minimum absolute atomic E-state index is 0.0170. The Labute approximate surface area is 134 Å². The first kappa shape index (κ1) is 16.1. The maximum atomic E-state index is 12.1. The third kappa shape index (κ3) is 4.63. The Morgan fingerprint density at radius 1 is 1.38 bits per heavy atom. The van der Waals surface area contributed by atoms with Crippen molar-refractivity contribution in [3.8, 4) is 5.75 Å². The average Bonchev–Trinajstić information content (AvgIpc) is 2.49. The van der Waals surface area contributed by atoms with E-state index in [4.69, 9.17) is 27.9 Å². The number of nitrogens with zero attached hydrogens (tertiary/aromatic N) is 1. The van der Waals surface area contributed by atoms with Gasteiger partial charge >= 0.3 is 0 Å². The van der Waals surface area contributed by atoms with Gasteiger partial charge in [0.1, 0.15) is 5.75 Å². The van der Waals surface area contributed by atoms with Gasteiger partial charge in [-0.15, -0.1) is 0 Å². The van der Waals surface area contributed by atoms with Gasteiger partial charge in [0.25, 0.3) is 5.91 Å². The normalized spacial score (nSPS) is 15.8. The summed E-state index contributed by atoms with van der Waals surface area (Å²) in [5.41, 5.74) is 0. The summed E-state index contributed by atoms with van der Waals surface area (Å²) in [6.45, 7) is 8.04. The third-order valence-electron chi connectivity index (χ3n) is 3.50. The summed E-state index contributed by atoms with van der Waals surface area (Å²) >= 11 is 11.9. The van der Waals surface area contributed by atoms with Crippen LogP contribution in [-0.4, -0.2) is 50.1 Å². The van der Waals surface area contributed by atoms with E-state index >= 15 is 0 Å². The Hall–Kier alpha value is -1.23. The van der Waals surface area contributed by atoms with E-state index in [0.29, 0.717) is 15.8 Å². The van der Waals surface area contributed by atoms with E-state index in [1.165, 1.54) is 4.90 Å². The molecule has 0 aliphatic carbocycles. The zero-order valence-corrected chi connectivity index (χ0v) is 13.3. The van der Waals surface area contributed by atoms with Crippen LogP contribution in [0.4, 0.5) is 0 Å². The molecule has 114 valence electrons. The smallest absolute Gasteiger partial charge is 0.260 e. The van der Waals surface area contributed by atoms with Crippen molar-refractivity contribution in [2.45, 2.75) is 0 Å². The van der Waals surface area contributed by atoms with Crippen LogP contribution in [0.1, 0.15) is 0 Å². The van der Waals surface area contributed by atoms with E-state index in [-0.39, 0.29) is 12.5 Å². The molecule has 1 aromatic rings. The molecule has 1 aliphatic heterocycles. The minimum atomic E-state index is -0.0244. The van der Waals surface area contributed by atoms with Crippen molar-refractivity contribution < 1.29 is 14.4 Å². The Morgan fingerprint density at radius 3 is 2.76 bits per heavy atom. The molecular formula is C15H19Cl2N2O2+. The summed E-state index contributed by atoms with van der Waals surface area (Å²) in [6.07, 6.45) is 1.91. The highest BCUT2D eigenvalue weighted by Gasteiger charge is 2.23. The van der Waals surface area contributed by atoms with Crippen molar-refractivity contribution in [2.75, 3.05) is 39.3 Å². The fourth-order valence-corrected chi connectivity index (χ4v) is 2.63. The van der Waals surface area contributed by atoms with E-state index in [2.05, 4.69) is 6.58 Å². The second kappa shape index (κ2) is 7.69. The molecule has 0 spiro atoms. The lowest BCUT2D eigenvalue weighted by molar-refractivity contribution is -0.898. The molecule has 6 heteroatoms. The van der Waals surface area contributed by atoms with Gasteiger partial charge in [-0.2, -0.15) is 0 Å². The molecule has 1 heterocycles. The van der Waals surface area contributed by atoms with Crippen molar-refractivity contribution >= 4 is 29.1 Å². The van der Waals surface area contributed by atoms with Crippen LogP contribution >= 0.6 is 23.2 Å². The Morgan fingerprint density at radius 2 is 2.10 bits per heavy atom. The Bertz CT molecular complexity index is 514. The first-order valence-corrected chi connectivity index (χ1v) is 7.66. The molecule has 0 saturated carbocycles. The number of piperazine rings is 1. The SMILES string of the molecule is C=CC[NH+]1CCN(C(=O)COc2cc(Cl)ccc2Cl)CC1. The van der Waals surface area contributed by atoms with Gasteiger partial charge in [-0.1, -0.05) is 29.8 Å². The Kier molecular flexibility index (Phi) is 5.91. The molecule has 2 rings (SSSR count). The molecule has 1 saturated heterocycles. The van der Waals surface area contributed by atoms with Gasteiger partial charge < -0.3 is 14.5 Å². The maximum Gasteiger partial charge on any atom is 0.260 e. The Balaban J connectivity index is 1.82. The second-order valence-electron chi connectivity index (χ2n) is 4.99. The summed E-state index contributed by atoms with van der Waals surface area (Å²) in [5, 5.41) is 0.982. The summed E-state index contributed by atoms with van der Waals surface area (Å²) in [7, 11) is 0. The molecule has 0 aromatic heterocycles. The third-order valence-corrected chi connectivity index (χ3v) is 4.05. The van der Waals surface area contributed by atoms with E-state index in [0.717, 1.165) is 32.7 Å². The zero-order valence-electron chi connectivity index (χ0n) is 11.8. The van der Waals surface area contributed by atoms with E-state index in [9.17, 15) is 4.79 Å². The van der Waals surface area contributed by atoms with Gasteiger partial charge in [-0.3, -0.25) is 4.79 Å². The van der Waals surface area contributed by atoms with E-state index in [1.807, 2.05) is 11.0 Å². The fraction of sp³-hybridized carbons (Fsp3) is 0.400. The number of benzene rings is 1. The number of hydrogen-bond acceptors (Lipinski definition) is 2. The highest BCUT2D eigenvalue weighted by atomic mass is 35.5. The monoisotopic (exact) mass is 329 g/mol.